The lowest BCUT2D eigenvalue weighted by Crippen LogP contribution is -2.63. The third-order valence-electron chi connectivity index (χ3n) is 2.91. The fourth-order valence-corrected chi connectivity index (χ4v) is 1.84. The molecule has 82 valence electrons. The maximum Gasteiger partial charge on any atom is 0.241 e. The van der Waals surface area contributed by atoms with Crippen LogP contribution in [0.2, 0.25) is 0 Å². The number of hydrogen-bond donors (Lipinski definition) is 1. The van der Waals surface area contributed by atoms with Crippen LogP contribution in [0.3, 0.4) is 0 Å². The first-order chi connectivity index (χ1) is 7.18. The fraction of sp³-hybridized carbons (Fsp3) is 0.545. The third kappa shape index (κ3) is 2.04. The molecule has 2 rings (SSSR count). The summed E-state index contributed by atoms with van der Waals surface area (Å²) in [4.78, 5) is 13.2. The van der Waals surface area contributed by atoms with Gasteiger partial charge in [-0.2, -0.15) is 0 Å². The Morgan fingerprint density at radius 3 is 3.07 bits per heavy atom. The van der Waals surface area contributed by atoms with Gasteiger partial charge >= 0.3 is 0 Å². The highest BCUT2D eigenvalue weighted by atomic mass is 16.3. The molecular weight excluding hydrogens is 192 g/mol. The Balaban J connectivity index is 1.78. The van der Waals surface area contributed by atoms with Crippen molar-refractivity contribution in [3.63, 3.8) is 0 Å². The first-order valence-corrected chi connectivity index (χ1v) is 5.27. The van der Waals surface area contributed by atoms with Gasteiger partial charge in [0.05, 0.1) is 6.26 Å². The van der Waals surface area contributed by atoms with Crippen LogP contribution in [0, 0.1) is 0 Å². The first kappa shape index (κ1) is 10.2. The molecule has 0 aliphatic carbocycles. The Hall–Kier alpha value is -1.29. The topological polar surface area (TPSA) is 59.5 Å². The summed E-state index contributed by atoms with van der Waals surface area (Å²) in [7, 11) is 0. The standard InChI is InChI=1S/C11H16N2O2/c1-8(13-7-10(12)11(13)14)4-5-9-3-2-6-15-9/h2-3,6,8,10H,4-5,7,12H2,1H3. The minimum absolute atomic E-state index is 0.0712. The van der Waals surface area contributed by atoms with Crippen LogP contribution in [0.25, 0.3) is 0 Å². The lowest BCUT2D eigenvalue weighted by atomic mass is 10.0. The molecule has 0 aromatic carbocycles. The van der Waals surface area contributed by atoms with E-state index >= 15 is 0 Å². The van der Waals surface area contributed by atoms with Crippen LogP contribution >= 0.6 is 0 Å². The molecule has 2 N–H and O–H groups in total. The maximum atomic E-state index is 11.3. The highest BCUT2D eigenvalue weighted by Gasteiger charge is 2.36. The second-order valence-electron chi connectivity index (χ2n) is 4.06. The number of nitrogens with two attached hydrogens (primary N) is 1. The Morgan fingerprint density at radius 2 is 2.53 bits per heavy atom. The summed E-state index contributed by atoms with van der Waals surface area (Å²) in [6.45, 7) is 2.74. The van der Waals surface area contributed by atoms with Crippen LogP contribution in [0.15, 0.2) is 22.8 Å². The van der Waals surface area contributed by atoms with Gasteiger partial charge in [0.2, 0.25) is 5.91 Å². The molecular formula is C11H16N2O2. The Morgan fingerprint density at radius 1 is 1.73 bits per heavy atom. The van der Waals surface area contributed by atoms with Crippen LogP contribution in [0.1, 0.15) is 19.1 Å². The fourth-order valence-electron chi connectivity index (χ4n) is 1.84. The highest BCUT2D eigenvalue weighted by Crippen LogP contribution is 2.16. The maximum absolute atomic E-state index is 11.3. The number of β-lactam (4-membered cyclic amide) rings is 1. The van der Waals surface area contributed by atoms with E-state index in [-0.39, 0.29) is 18.0 Å². The summed E-state index contributed by atoms with van der Waals surface area (Å²) in [5, 5.41) is 0. The zero-order valence-electron chi connectivity index (χ0n) is 8.85. The molecule has 1 aliphatic heterocycles. The number of aryl methyl sites for hydroxylation is 1. The molecule has 2 unspecified atom stereocenters. The van der Waals surface area contributed by atoms with E-state index in [4.69, 9.17) is 10.2 Å². The van der Waals surface area contributed by atoms with Crippen LogP contribution in [0.4, 0.5) is 0 Å². The van der Waals surface area contributed by atoms with Gasteiger partial charge in [-0.05, 0) is 25.5 Å². The lowest BCUT2D eigenvalue weighted by molar-refractivity contribution is -0.145. The molecule has 2 atom stereocenters. The van der Waals surface area contributed by atoms with E-state index < -0.39 is 0 Å². The number of likely N-dealkylation sites (tertiary alicyclic amines) is 1. The van der Waals surface area contributed by atoms with Crippen molar-refractivity contribution in [2.45, 2.75) is 31.8 Å². The smallest absolute Gasteiger partial charge is 0.241 e. The number of furan rings is 1. The van der Waals surface area contributed by atoms with Crippen LogP contribution in [0.5, 0.6) is 0 Å². The molecule has 1 aliphatic rings. The predicted octanol–water partition coefficient (Wildman–Crippen LogP) is 0.770. The van der Waals surface area contributed by atoms with Crippen LogP contribution in [-0.4, -0.2) is 29.4 Å². The third-order valence-corrected chi connectivity index (χ3v) is 2.91. The molecule has 1 aromatic rings. The van der Waals surface area contributed by atoms with Gasteiger partial charge in [-0.15, -0.1) is 0 Å². The van der Waals surface area contributed by atoms with E-state index in [2.05, 4.69) is 0 Å². The monoisotopic (exact) mass is 208 g/mol. The van der Waals surface area contributed by atoms with E-state index in [0.29, 0.717) is 6.54 Å². The molecule has 1 saturated heterocycles. The molecule has 0 bridgehead atoms. The Labute approximate surface area is 89.0 Å². The largest absolute Gasteiger partial charge is 0.469 e. The summed E-state index contributed by atoms with van der Waals surface area (Å²) in [6, 6.07) is 3.82. The van der Waals surface area contributed by atoms with Crippen molar-refractivity contribution in [1.29, 1.82) is 0 Å². The number of carbonyl (C=O) groups is 1. The van der Waals surface area contributed by atoms with Crippen molar-refractivity contribution >= 4 is 5.91 Å². The average Bonchev–Trinajstić information content (AvgIpc) is 2.74. The number of carbonyl (C=O) groups excluding carboxylic acids is 1. The predicted molar refractivity (Wildman–Crippen MR) is 56.2 cm³/mol. The summed E-state index contributed by atoms with van der Waals surface area (Å²) in [6.07, 6.45) is 3.46. The van der Waals surface area contributed by atoms with E-state index in [9.17, 15) is 4.79 Å². The Bertz CT molecular complexity index is 334. The van der Waals surface area contributed by atoms with Crippen LogP contribution in [-0.2, 0) is 11.2 Å². The summed E-state index contributed by atoms with van der Waals surface area (Å²) in [5.41, 5.74) is 5.53. The number of rotatable bonds is 4. The van der Waals surface area contributed by atoms with Gasteiger partial charge in [0.15, 0.2) is 0 Å². The van der Waals surface area contributed by atoms with E-state index in [1.807, 2.05) is 24.0 Å². The number of amides is 1. The van der Waals surface area contributed by atoms with E-state index in [1.54, 1.807) is 6.26 Å². The normalized spacial score (nSPS) is 22.7. The molecule has 4 heteroatoms. The van der Waals surface area contributed by atoms with E-state index in [0.717, 1.165) is 18.6 Å². The van der Waals surface area contributed by atoms with Gasteiger partial charge in [0, 0.05) is 19.0 Å². The van der Waals surface area contributed by atoms with E-state index in [1.165, 1.54) is 0 Å². The van der Waals surface area contributed by atoms with Crippen molar-refractivity contribution in [1.82, 2.24) is 4.90 Å². The van der Waals surface area contributed by atoms with Crippen molar-refractivity contribution < 1.29 is 9.21 Å². The molecule has 0 radical (unpaired) electrons. The van der Waals surface area contributed by atoms with Gasteiger partial charge in [0.1, 0.15) is 11.8 Å². The molecule has 0 saturated carbocycles. The lowest BCUT2D eigenvalue weighted by Gasteiger charge is -2.40. The average molecular weight is 208 g/mol. The van der Waals surface area contributed by atoms with Gasteiger partial charge < -0.3 is 15.1 Å². The number of hydrogen-bond acceptors (Lipinski definition) is 3. The summed E-state index contributed by atoms with van der Waals surface area (Å²) >= 11 is 0. The molecule has 1 fully saturated rings. The quantitative estimate of drug-likeness (QED) is 0.743. The molecule has 0 spiro atoms. The van der Waals surface area contributed by atoms with Gasteiger partial charge in [-0.3, -0.25) is 4.79 Å². The van der Waals surface area contributed by atoms with Gasteiger partial charge in [0.25, 0.3) is 0 Å². The molecule has 15 heavy (non-hydrogen) atoms. The molecule has 4 nitrogen and oxygen atoms in total. The minimum Gasteiger partial charge on any atom is -0.469 e. The van der Waals surface area contributed by atoms with Crippen molar-refractivity contribution in [2.75, 3.05) is 6.54 Å². The van der Waals surface area contributed by atoms with Crippen molar-refractivity contribution in [3.8, 4) is 0 Å². The highest BCUT2D eigenvalue weighted by molar-refractivity contribution is 5.87. The zero-order valence-corrected chi connectivity index (χ0v) is 8.85. The van der Waals surface area contributed by atoms with Crippen molar-refractivity contribution in [2.24, 2.45) is 5.73 Å². The molecule has 2 heterocycles. The molecule has 1 aromatic heterocycles. The van der Waals surface area contributed by atoms with Gasteiger partial charge in [-0.25, -0.2) is 0 Å². The first-order valence-electron chi connectivity index (χ1n) is 5.27. The second-order valence-corrected chi connectivity index (χ2v) is 4.06. The number of nitrogens with zero attached hydrogens (tertiary/aromatic N) is 1. The molecule has 1 amide bonds. The SMILES string of the molecule is CC(CCc1ccco1)N1CC(N)C1=O. The minimum atomic E-state index is -0.268. The summed E-state index contributed by atoms with van der Waals surface area (Å²) < 4.78 is 5.24. The second kappa shape index (κ2) is 4.06. The van der Waals surface area contributed by atoms with Crippen molar-refractivity contribution in [3.05, 3.63) is 24.2 Å². The van der Waals surface area contributed by atoms with Gasteiger partial charge in [-0.1, -0.05) is 0 Å². The van der Waals surface area contributed by atoms with Crippen LogP contribution < -0.4 is 5.73 Å². The zero-order chi connectivity index (χ0) is 10.8. The Kier molecular flexibility index (Phi) is 2.77. The summed E-state index contributed by atoms with van der Waals surface area (Å²) in [5.74, 6) is 1.04.